The van der Waals surface area contributed by atoms with Crippen LogP contribution in [0.3, 0.4) is 0 Å². The van der Waals surface area contributed by atoms with E-state index in [2.05, 4.69) is 18.2 Å². The van der Waals surface area contributed by atoms with E-state index in [1.165, 1.54) is 0 Å². The molecule has 0 aliphatic carbocycles. The molecule has 138 valence electrons. The van der Waals surface area contributed by atoms with Gasteiger partial charge in [-0.15, -0.1) is 0 Å². The average Bonchev–Trinajstić information content (AvgIpc) is 2.79. The van der Waals surface area contributed by atoms with E-state index in [-0.39, 0.29) is 5.63 Å². The van der Waals surface area contributed by atoms with Crippen LogP contribution in [0.25, 0.3) is 44.3 Å². The first-order valence-electron chi connectivity index (χ1n) is 9.58. The lowest BCUT2D eigenvalue weighted by Crippen LogP contribution is -2.06. The minimum Gasteiger partial charge on any atom is -0.422 e. The van der Waals surface area contributed by atoms with Crippen LogP contribution < -0.4 is 5.63 Å². The van der Waals surface area contributed by atoms with E-state index in [0.717, 1.165) is 33.0 Å². The monoisotopic (exact) mass is 374 g/mol. The minimum atomic E-state index is -0.333. The van der Waals surface area contributed by atoms with Gasteiger partial charge in [0.25, 0.3) is 0 Å². The molecule has 1 heterocycles. The standard InChI is InChI=1S/C27H18O2/c28-27-26(21-13-5-2-6-14-21)24(20-10-3-1-4-11-20)18-25(29-27)23-17-9-15-19-12-7-8-16-22(19)23/h1-18H. The molecule has 0 amide bonds. The van der Waals surface area contributed by atoms with Gasteiger partial charge in [-0.25, -0.2) is 4.79 Å². The maximum atomic E-state index is 13.2. The van der Waals surface area contributed by atoms with E-state index < -0.39 is 0 Å². The van der Waals surface area contributed by atoms with Crippen LogP contribution in [0, 0.1) is 0 Å². The lowest BCUT2D eigenvalue weighted by Gasteiger charge is -2.12. The fraction of sp³-hybridized carbons (Fsp3) is 0. The Kier molecular flexibility index (Phi) is 4.30. The highest BCUT2D eigenvalue weighted by atomic mass is 16.4. The second-order valence-corrected chi connectivity index (χ2v) is 6.95. The zero-order chi connectivity index (χ0) is 19.6. The van der Waals surface area contributed by atoms with Gasteiger partial charge in [0.05, 0.1) is 5.56 Å². The van der Waals surface area contributed by atoms with Crippen LogP contribution in [-0.4, -0.2) is 0 Å². The SMILES string of the molecule is O=c1oc(-c2cccc3ccccc23)cc(-c2ccccc2)c1-c1ccccc1. The van der Waals surface area contributed by atoms with Crippen molar-refractivity contribution in [1.82, 2.24) is 0 Å². The summed E-state index contributed by atoms with van der Waals surface area (Å²) in [6.07, 6.45) is 0. The van der Waals surface area contributed by atoms with Gasteiger partial charge in [-0.2, -0.15) is 0 Å². The van der Waals surface area contributed by atoms with Gasteiger partial charge >= 0.3 is 5.63 Å². The van der Waals surface area contributed by atoms with E-state index in [1.54, 1.807) is 0 Å². The summed E-state index contributed by atoms with van der Waals surface area (Å²) in [5.74, 6) is 0.574. The highest BCUT2D eigenvalue weighted by Gasteiger charge is 2.17. The van der Waals surface area contributed by atoms with E-state index in [4.69, 9.17) is 4.42 Å². The third-order valence-corrected chi connectivity index (χ3v) is 5.15. The summed E-state index contributed by atoms with van der Waals surface area (Å²) in [4.78, 5) is 13.2. The van der Waals surface area contributed by atoms with Crippen LogP contribution >= 0.6 is 0 Å². The van der Waals surface area contributed by atoms with Gasteiger partial charge in [-0.3, -0.25) is 0 Å². The fourth-order valence-electron chi connectivity index (χ4n) is 3.79. The summed E-state index contributed by atoms with van der Waals surface area (Å²) < 4.78 is 5.86. The maximum absolute atomic E-state index is 13.2. The summed E-state index contributed by atoms with van der Waals surface area (Å²) in [5.41, 5.74) is 3.87. The largest absolute Gasteiger partial charge is 0.422 e. The topological polar surface area (TPSA) is 30.2 Å². The van der Waals surface area contributed by atoms with Crippen LogP contribution in [0.5, 0.6) is 0 Å². The van der Waals surface area contributed by atoms with E-state index in [1.807, 2.05) is 91.0 Å². The third-order valence-electron chi connectivity index (χ3n) is 5.15. The van der Waals surface area contributed by atoms with Crippen molar-refractivity contribution in [2.75, 3.05) is 0 Å². The molecule has 0 N–H and O–H groups in total. The molecule has 0 saturated carbocycles. The quantitative estimate of drug-likeness (QED) is 0.348. The Hall–Kier alpha value is -3.91. The van der Waals surface area contributed by atoms with E-state index >= 15 is 0 Å². The lowest BCUT2D eigenvalue weighted by molar-refractivity contribution is 0.529. The summed E-state index contributed by atoms with van der Waals surface area (Å²) >= 11 is 0. The van der Waals surface area contributed by atoms with Crippen LogP contribution in [0.4, 0.5) is 0 Å². The molecular weight excluding hydrogens is 356 g/mol. The van der Waals surface area contributed by atoms with Crippen LogP contribution in [0.2, 0.25) is 0 Å². The lowest BCUT2D eigenvalue weighted by atomic mass is 9.94. The Morgan fingerprint density at radius 3 is 1.93 bits per heavy atom. The van der Waals surface area contributed by atoms with Gasteiger partial charge in [0.15, 0.2) is 0 Å². The van der Waals surface area contributed by atoms with Gasteiger partial charge in [0, 0.05) is 11.1 Å². The first-order valence-corrected chi connectivity index (χ1v) is 9.58. The zero-order valence-electron chi connectivity index (χ0n) is 15.7. The van der Waals surface area contributed by atoms with Gasteiger partial charge < -0.3 is 4.42 Å². The Morgan fingerprint density at radius 1 is 0.552 bits per heavy atom. The Balaban J connectivity index is 1.82. The number of fused-ring (bicyclic) bond motifs is 1. The molecule has 5 aromatic rings. The first kappa shape index (κ1) is 17.2. The summed E-state index contributed by atoms with van der Waals surface area (Å²) in [6.45, 7) is 0. The second kappa shape index (κ2) is 7.25. The molecule has 2 heteroatoms. The van der Waals surface area contributed by atoms with Gasteiger partial charge in [-0.1, -0.05) is 103 Å². The van der Waals surface area contributed by atoms with Crippen molar-refractivity contribution in [3.63, 3.8) is 0 Å². The van der Waals surface area contributed by atoms with Crippen LogP contribution in [0.15, 0.2) is 118 Å². The van der Waals surface area contributed by atoms with Gasteiger partial charge in [-0.05, 0) is 28.0 Å². The molecule has 0 aliphatic heterocycles. The number of benzene rings is 4. The summed E-state index contributed by atoms with van der Waals surface area (Å²) in [7, 11) is 0. The van der Waals surface area contributed by atoms with Crippen LogP contribution in [-0.2, 0) is 0 Å². The normalized spacial score (nSPS) is 10.9. The predicted octanol–water partition coefficient (Wildman–Crippen LogP) is 6.79. The number of hydrogen-bond donors (Lipinski definition) is 0. The second-order valence-electron chi connectivity index (χ2n) is 6.95. The highest BCUT2D eigenvalue weighted by molar-refractivity contribution is 5.96. The maximum Gasteiger partial charge on any atom is 0.344 e. The van der Waals surface area contributed by atoms with Crippen molar-refractivity contribution < 1.29 is 4.42 Å². The van der Waals surface area contributed by atoms with Crippen molar-refractivity contribution in [1.29, 1.82) is 0 Å². The van der Waals surface area contributed by atoms with Crippen molar-refractivity contribution in [3.8, 4) is 33.6 Å². The molecule has 0 saturated heterocycles. The minimum absolute atomic E-state index is 0.333. The molecule has 0 spiro atoms. The molecule has 0 aliphatic rings. The Labute approximate surface area is 168 Å². The number of rotatable bonds is 3. The molecule has 0 bridgehead atoms. The van der Waals surface area contributed by atoms with Gasteiger partial charge in [0.1, 0.15) is 5.76 Å². The fourth-order valence-corrected chi connectivity index (χ4v) is 3.79. The molecule has 29 heavy (non-hydrogen) atoms. The third kappa shape index (κ3) is 3.15. The average molecular weight is 374 g/mol. The summed E-state index contributed by atoms with van der Waals surface area (Å²) in [5, 5.41) is 2.17. The van der Waals surface area contributed by atoms with E-state index in [0.29, 0.717) is 11.3 Å². The van der Waals surface area contributed by atoms with Crippen molar-refractivity contribution in [3.05, 3.63) is 120 Å². The van der Waals surface area contributed by atoms with Gasteiger partial charge in [0.2, 0.25) is 0 Å². The van der Waals surface area contributed by atoms with Crippen molar-refractivity contribution in [2.24, 2.45) is 0 Å². The predicted molar refractivity (Wildman–Crippen MR) is 119 cm³/mol. The first-order chi connectivity index (χ1) is 14.3. The van der Waals surface area contributed by atoms with Crippen LogP contribution in [0.1, 0.15) is 0 Å². The number of hydrogen-bond acceptors (Lipinski definition) is 2. The van der Waals surface area contributed by atoms with Crippen molar-refractivity contribution in [2.45, 2.75) is 0 Å². The molecular formula is C27H18O2. The Bertz CT molecular complexity index is 1340. The van der Waals surface area contributed by atoms with Crippen molar-refractivity contribution >= 4 is 10.8 Å². The molecule has 0 atom stereocenters. The molecule has 1 aromatic heterocycles. The molecule has 0 fully saturated rings. The molecule has 5 rings (SSSR count). The zero-order valence-corrected chi connectivity index (χ0v) is 15.7. The summed E-state index contributed by atoms with van der Waals surface area (Å²) in [6, 6.07) is 35.8. The molecule has 2 nitrogen and oxygen atoms in total. The molecule has 0 unspecified atom stereocenters. The highest BCUT2D eigenvalue weighted by Crippen LogP contribution is 2.35. The Morgan fingerprint density at radius 2 is 1.17 bits per heavy atom. The molecule has 4 aromatic carbocycles. The van der Waals surface area contributed by atoms with E-state index in [9.17, 15) is 4.79 Å². The smallest absolute Gasteiger partial charge is 0.344 e. The molecule has 0 radical (unpaired) electrons.